The molecule has 4 fully saturated rings. The molecule has 0 spiro atoms. The van der Waals surface area contributed by atoms with E-state index in [-0.39, 0.29) is 16.2 Å². The Bertz CT molecular complexity index is 1340. The number of hydrogen-bond acceptors (Lipinski definition) is 0. The monoisotopic (exact) mass is 752 g/mol. The highest BCUT2D eigenvalue weighted by Crippen LogP contribution is 2.76. The van der Waals surface area contributed by atoms with Crippen molar-refractivity contribution in [2.45, 2.75) is 48.3 Å². The molecule has 4 bridgehead atoms. The van der Waals surface area contributed by atoms with Gasteiger partial charge in [0.2, 0.25) is 0 Å². The summed E-state index contributed by atoms with van der Waals surface area (Å²) >= 11 is 15.0. The fourth-order valence-corrected chi connectivity index (χ4v) is 10.3. The van der Waals surface area contributed by atoms with Crippen LogP contribution in [0.4, 0.5) is 0 Å². The van der Waals surface area contributed by atoms with E-state index in [1.807, 2.05) is 0 Å². The van der Waals surface area contributed by atoms with E-state index in [1.54, 1.807) is 0 Å². The van der Waals surface area contributed by atoms with Crippen molar-refractivity contribution in [2.24, 2.45) is 11.8 Å². The summed E-state index contributed by atoms with van der Waals surface area (Å²) in [5.41, 5.74) is 5.62. The second-order valence-electron chi connectivity index (χ2n) is 11.7. The largest absolute Gasteiger partial charge is 0.0573 e. The Labute approximate surface area is 259 Å². The Hall–Kier alpha value is -1.20. The minimum absolute atomic E-state index is 0.00742. The fourth-order valence-electron chi connectivity index (χ4n) is 9.27. The standard InChI is InChI=1S/C34H28Br4/c35-28-9-1-24(2-10-28)32-18-22-17-23(19-32)21-33(20-22,25-3-11-29(36)12-4-25)34(32,26-5-13-30(37)14-6-26)27-7-15-31(38)16-8-27/h1-16,22-23H,17-21H2. The predicted molar refractivity (Wildman–Crippen MR) is 171 cm³/mol. The molecular formula is C34H28Br4. The van der Waals surface area contributed by atoms with Gasteiger partial charge in [0.25, 0.3) is 0 Å². The summed E-state index contributed by atoms with van der Waals surface area (Å²) in [5, 5.41) is 0. The minimum atomic E-state index is -0.212. The van der Waals surface area contributed by atoms with Gasteiger partial charge in [0.15, 0.2) is 0 Å². The summed E-state index contributed by atoms with van der Waals surface area (Å²) in [5.74, 6) is 1.46. The van der Waals surface area contributed by atoms with Crippen LogP contribution in [0.25, 0.3) is 0 Å². The lowest BCUT2D eigenvalue weighted by molar-refractivity contribution is -0.0904. The normalized spacial score (nSPS) is 28.9. The lowest BCUT2D eigenvalue weighted by Crippen LogP contribution is -2.72. The molecule has 0 N–H and O–H groups in total. The summed E-state index contributed by atoms with van der Waals surface area (Å²) in [4.78, 5) is 0. The minimum Gasteiger partial charge on any atom is -0.0573 e. The van der Waals surface area contributed by atoms with Gasteiger partial charge in [-0.15, -0.1) is 0 Å². The van der Waals surface area contributed by atoms with Crippen molar-refractivity contribution in [3.63, 3.8) is 0 Å². The zero-order valence-corrected chi connectivity index (χ0v) is 27.3. The Morgan fingerprint density at radius 2 is 0.658 bits per heavy atom. The maximum Gasteiger partial charge on any atom is 0.0396 e. The molecule has 4 heteroatoms. The van der Waals surface area contributed by atoms with Gasteiger partial charge in [0.1, 0.15) is 0 Å². The summed E-state index contributed by atoms with van der Waals surface area (Å²) < 4.78 is 4.55. The van der Waals surface area contributed by atoms with E-state index in [0.717, 1.165) is 29.7 Å². The van der Waals surface area contributed by atoms with Crippen molar-refractivity contribution in [1.82, 2.24) is 0 Å². The highest BCUT2D eigenvalue weighted by molar-refractivity contribution is 9.11. The maximum atomic E-state index is 3.75. The van der Waals surface area contributed by atoms with Crippen LogP contribution in [0.1, 0.15) is 54.4 Å². The van der Waals surface area contributed by atoms with Gasteiger partial charge < -0.3 is 0 Å². The Balaban J connectivity index is 1.65. The van der Waals surface area contributed by atoms with Crippen molar-refractivity contribution in [2.75, 3.05) is 0 Å². The lowest BCUT2D eigenvalue weighted by atomic mass is 9.29. The van der Waals surface area contributed by atoms with E-state index < -0.39 is 0 Å². The van der Waals surface area contributed by atoms with E-state index in [1.165, 1.54) is 54.4 Å². The molecule has 4 aliphatic rings. The Morgan fingerprint density at radius 3 is 0.947 bits per heavy atom. The van der Waals surface area contributed by atoms with Crippen molar-refractivity contribution in [3.05, 3.63) is 137 Å². The molecule has 4 aromatic carbocycles. The van der Waals surface area contributed by atoms with Crippen LogP contribution in [-0.4, -0.2) is 0 Å². The zero-order valence-electron chi connectivity index (χ0n) is 20.9. The van der Waals surface area contributed by atoms with E-state index in [4.69, 9.17) is 0 Å². The molecule has 0 aliphatic heterocycles. The molecule has 0 atom stereocenters. The molecule has 4 saturated carbocycles. The Kier molecular flexibility index (Phi) is 6.39. The molecule has 4 aliphatic carbocycles. The third-order valence-electron chi connectivity index (χ3n) is 10.00. The second kappa shape index (κ2) is 9.43. The van der Waals surface area contributed by atoms with Crippen LogP contribution in [0.2, 0.25) is 0 Å². The van der Waals surface area contributed by atoms with Crippen LogP contribution in [0.3, 0.4) is 0 Å². The average Bonchev–Trinajstić information content (AvgIpc) is 2.91. The molecule has 4 aromatic rings. The number of halogens is 4. The molecule has 0 heterocycles. The number of benzene rings is 4. The van der Waals surface area contributed by atoms with Gasteiger partial charge >= 0.3 is 0 Å². The lowest BCUT2D eigenvalue weighted by Gasteiger charge is -2.74. The molecule has 38 heavy (non-hydrogen) atoms. The molecule has 0 nitrogen and oxygen atoms in total. The molecule has 8 rings (SSSR count). The van der Waals surface area contributed by atoms with Crippen molar-refractivity contribution < 1.29 is 0 Å². The number of rotatable bonds is 4. The molecule has 0 amide bonds. The average molecular weight is 756 g/mol. The molecule has 192 valence electrons. The molecule has 0 aromatic heterocycles. The van der Waals surface area contributed by atoms with Gasteiger partial charge in [0.05, 0.1) is 0 Å². The predicted octanol–water partition coefficient (Wildman–Crippen LogP) is 11.1. The first-order valence-electron chi connectivity index (χ1n) is 13.4. The van der Waals surface area contributed by atoms with Crippen LogP contribution in [-0.2, 0) is 16.2 Å². The first-order chi connectivity index (χ1) is 18.4. The van der Waals surface area contributed by atoms with Crippen LogP contribution < -0.4 is 0 Å². The van der Waals surface area contributed by atoms with Crippen molar-refractivity contribution in [3.8, 4) is 0 Å². The smallest absolute Gasteiger partial charge is 0.0396 e. The fraction of sp³-hybridized carbons (Fsp3) is 0.294. The third-order valence-corrected chi connectivity index (χ3v) is 12.1. The van der Waals surface area contributed by atoms with Crippen molar-refractivity contribution >= 4 is 63.7 Å². The van der Waals surface area contributed by atoms with Gasteiger partial charge in [-0.25, -0.2) is 0 Å². The van der Waals surface area contributed by atoms with Crippen LogP contribution in [0.5, 0.6) is 0 Å². The SMILES string of the molecule is Brc1ccc(C23CC4CC(C2)CC(c2ccc(Br)cc2)(C4)C3(c2ccc(Br)cc2)c2ccc(Br)cc2)cc1. The molecule has 0 unspecified atom stereocenters. The molecule has 0 saturated heterocycles. The second-order valence-corrected chi connectivity index (χ2v) is 15.4. The molecular weight excluding hydrogens is 728 g/mol. The van der Waals surface area contributed by atoms with E-state index in [9.17, 15) is 0 Å². The maximum absolute atomic E-state index is 3.75. The highest BCUT2D eigenvalue weighted by atomic mass is 79.9. The topological polar surface area (TPSA) is 0 Å². The summed E-state index contributed by atoms with van der Waals surface area (Å²) in [7, 11) is 0. The highest BCUT2D eigenvalue weighted by Gasteiger charge is 2.73. The summed E-state index contributed by atoms with van der Waals surface area (Å²) in [6, 6.07) is 37.4. The van der Waals surface area contributed by atoms with Gasteiger partial charge in [0, 0.05) is 34.1 Å². The van der Waals surface area contributed by atoms with E-state index in [0.29, 0.717) is 0 Å². The van der Waals surface area contributed by atoms with Crippen LogP contribution in [0, 0.1) is 11.8 Å². The number of hydrogen-bond donors (Lipinski definition) is 0. The molecule has 0 radical (unpaired) electrons. The van der Waals surface area contributed by atoms with Gasteiger partial charge in [-0.2, -0.15) is 0 Å². The quantitative estimate of drug-likeness (QED) is 0.195. The Morgan fingerprint density at radius 1 is 0.395 bits per heavy atom. The van der Waals surface area contributed by atoms with Crippen molar-refractivity contribution in [1.29, 1.82) is 0 Å². The zero-order chi connectivity index (χ0) is 26.1. The first-order valence-corrected chi connectivity index (χ1v) is 16.6. The summed E-state index contributed by atoms with van der Waals surface area (Å²) in [6.07, 6.45) is 6.30. The van der Waals surface area contributed by atoms with Gasteiger partial charge in [-0.3, -0.25) is 0 Å². The summed E-state index contributed by atoms with van der Waals surface area (Å²) in [6.45, 7) is 0. The first kappa shape index (κ1) is 25.7. The van der Waals surface area contributed by atoms with E-state index in [2.05, 4.69) is 161 Å². The van der Waals surface area contributed by atoms with Crippen LogP contribution in [0.15, 0.2) is 115 Å². The van der Waals surface area contributed by atoms with Gasteiger partial charge in [-0.05, 0) is 115 Å². The third kappa shape index (κ3) is 3.62. The van der Waals surface area contributed by atoms with Crippen LogP contribution >= 0.6 is 63.7 Å². The van der Waals surface area contributed by atoms with Gasteiger partial charge in [-0.1, -0.05) is 112 Å². The van der Waals surface area contributed by atoms with E-state index >= 15 is 0 Å².